The van der Waals surface area contributed by atoms with E-state index in [1.807, 2.05) is 0 Å². The number of methoxy groups -OCH3 is 2. The summed E-state index contributed by atoms with van der Waals surface area (Å²) in [5.74, 6) is 0.443. The third-order valence-electron chi connectivity index (χ3n) is 3.45. The fourth-order valence-electron chi connectivity index (χ4n) is 2.28. The fourth-order valence-corrected chi connectivity index (χ4v) is 2.28. The van der Waals surface area contributed by atoms with E-state index in [-0.39, 0.29) is 5.56 Å². The summed E-state index contributed by atoms with van der Waals surface area (Å²) in [6.45, 7) is 0. The lowest BCUT2D eigenvalue weighted by Gasteiger charge is -2.13. The highest BCUT2D eigenvalue weighted by molar-refractivity contribution is 5.98. The maximum atomic E-state index is 11.3. The van der Waals surface area contributed by atoms with Crippen molar-refractivity contribution < 1.29 is 19.4 Å². The maximum absolute atomic E-state index is 11.3. The minimum atomic E-state index is -1.08. The van der Waals surface area contributed by atoms with Gasteiger partial charge in [-0.25, -0.2) is 14.8 Å². The number of aromatic nitrogens is 3. The van der Waals surface area contributed by atoms with Crippen molar-refractivity contribution >= 4 is 28.4 Å². The first-order valence-corrected chi connectivity index (χ1v) is 6.95. The smallest absolute Gasteiger partial charge is 0.339 e. The second-order valence-electron chi connectivity index (χ2n) is 4.80. The van der Waals surface area contributed by atoms with Crippen LogP contribution in [-0.2, 0) is 0 Å². The Bertz CT molecular complexity index is 914. The minimum absolute atomic E-state index is 0.0461. The van der Waals surface area contributed by atoms with Gasteiger partial charge in [-0.3, -0.25) is 4.98 Å². The van der Waals surface area contributed by atoms with Gasteiger partial charge < -0.3 is 19.9 Å². The molecule has 0 bridgehead atoms. The van der Waals surface area contributed by atoms with Crippen molar-refractivity contribution in [2.45, 2.75) is 0 Å². The third kappa shape index (κ3) is 2.76. The molecular weight excluding hydrogens is 312 g/mol. The average Bonchev–Trinajstić information content (AvgIpc) is 2.61. The molecule has 2 N–H and O–H groups in total. The number of nitrogens with one attached hydrogen (secondary N) is 1. The Kier molecular flexibility index (Phi) is 4.11. The van der Waals surface area contributed by atoms with Crippen molar-refractivity contribution in [1.29, 1.82) is 0 Å². The van der Waals surface area contributed by atoms with Crippen molar-refractivity contribution in [2.24, 2.45) is 0 Å². The molecule has 8 heteroatoms. The summed E-state index contributed by atoms with van der Waals surface area (Å²) in [5.41, 5.74) is 1.06. The number of fused-ring (bicyclic) bond motifs is 1. The van der Waals surface area contributed by atoms with E-state index in [0.29, 0.717) is 33.9 Å². The molecule has 0 fully saturated rings. The van der Waals surface area contributed by atoms with E-state index in [9.17, 15) is 9.90 Å². The van der Waals surface area contributed by atoms with Crippen molar-refractivity contribution in [3.63, 3.8) is 0 Å². The Morgan fingerprint density at radius 2 is 1.92 bits per heavy atom. The van der Waals surface area contributed by atoms with Gasteiger partial charge in [0.2, 0.25) is 0 Å². The second-order valence-corrected chi connectivity index (χ2v) is 4.80. The molecule has 3 rings (SSSR count). The summed E-state index contributed by atoms with van der Waals surface area (Å²) < 4.78 is 10.6. The number of carboxylic acids is 1. The third-order valence-corrected chi connectivity index (χ3v) is 3.45. The van der Waals surface area contributed by atoms with Gasteiger partial charge in [-0.05, 0) is 12.1 Å². The predicted molar refractivity (Wildman–Crippen MR) is 87.1 cm³/mol. The van der Waals surface area contributed by atoms with Crippen LogP contribution in [-0.4, -0.2) is 40.2 Å². The lowest BCUT2D eigenvalue weighted by molar-refractivity contribution is 0.0697. The van der Waals surface area contributed by atoms with Crippen molar-refractivity contribution in [2.75, 3.05) is 19.5 Å². The standard InChI is InChI=1S/C16H14N4O4/c1-23-13-5-9-12(6-14(13)24-2)18-8-19-15(9)20-11-3-4-17-7-10(11)16(21)22/h3-8H,1-2H3,(H,21,22)(H,17,18,19,20). The fraction of sp³-hybridized carbons (Fsp3) is 0.125. The van der Waals surface area contributed by atoms with Crippen LogP contribution in [0.4, 0.5) is 11.5 Å². The molecule has 8 nitrogen and oxygen atoms in total. The van der Waals surface area contributed by atoms with Crippen LogP contribution in [0.3, 0.4) is 0 Å². The van der Waals surface area contributed by atoms with Crippen LogP contribution in [0.2, 0.25) is 0 Å². The van der Waals surface area contributed by atoms with Crippen molar-refractivity contribution in [1.82, 2.24) is 15.0 Å². The largest absolute Gasteiger partial charge is 0.493 e. The number of nitrogens with zero attached hydrogens (tertiary/aromatic N) is 3. The van der Waals surface area contributed by atoms with E-state index >= 15 is 0 Å². The first-order valence-electron chi connectivity index (χ1n) is 6.95. The molecule has 1 aromatic carbocycles. The van der Waals surface area contributed by atoms with Gasteiger partial charge in [0.1, 0.15) is 17.7 Å². The van der Waals surface area contributed by atoms with Gasteiger partial charge in [-0.1, -0.05) is 0 Å². The lowest BCUT2D eigenvalue weighted by Crippen LogP contribution is -2.05. The molecule has 0 amide bonds. The number of hydrogen-bond donors (Lipinski definition) is 2. The molecular formula is C16H14N4O4. The number of aromatic carboxylic acids is 1. The van der Waals surface area contributed by atoms with E-state index in [1.54, 1.807) is 25.3 Å². The van der Waals surface area contributed by atoms with E-state index in [4.69, 9.17) is 9.47 Å². The minimum Gasteiger partial charge on any atom is -0.493 e. The molecule has 3 aromatic rings. The van der Waals surface area contributed by atoms with E-state index in [2.05, 4.69) is 20.3 Å². The predicted octanol–water partition coefficient (Wildman–Crippen LogP) is 2.48. The number of rotatable bonds is 5. The Morgan fingerprint density at radius 3 is 2.62 bits per heavy atom. The SMILES string of the molecule is COc1cc2ncnc(Nc3ccncc3C(=O)O)c2cc1OC. The lowest BCUT2D eigenvalue weighted by atomic mass is 10.2. The van der Waals surface area contributed by atoms with Gasteiger partial charge in [0, 0.05) is 23.8 Å². The van der Waals surface area contributed by atoms with Crippen molar-refractivity contribution in [3.05, 3.63) is 42.5 Å². The highest BCUT2D eigenvalue weighted by Crippen LogP contribution is 2.34. The average molecular weight is 326 g/mol. The van der Waals surface area contributed by atoms with Crippen LogP contribution < -0.4 is 14.8 Å². The molecule has 2 aromatic heterocycles. The highest BCUT2D eigenvalue weighted by Gasteiger charge is 2.14. The van der Waals surface area contributed by atoms with Gasteiger partial charge in [0.25, 0.3) is 0 Å². The molecule has 0 unspecified atom stereocenters. The van der Waals surface area contributed by atoms with Crippen LogP contribution in [0.25, 0.3) is 10.9 Å². The van der Waals surface area contributed by atoms with Gasteiger partial charge in [0.05, 0.1) is 25.4 Å². The monoisotopic (exact) mass is 326 g/mol. The Labute approximate surface area is 137 Å². The molecule has 0 atom stereocenters. The quantitative estimate of drug-likeness (QED) is 0.736. The Morgan fingerprint density at radius 1 is 1.17 bits per heavy atom. The molecule has 0 saturated heterocycles. The molecule has 2 heterocycles. The number of hydrogen-bond acceptors (Lipinski definition) is 7. The van der Waals surface area contributed by atoms with Crippen LogP contribution in [0, 0.1) is 0 Å². The topological polar surface area (TPSA) is 106 Å². The molecule has 0 radical (unpaired) electrons. The van der Waals surface area contributed by atoms with Crippen LogP contribution >= 0.6 is 0 Å². The van der Waals surface area contributed by atoms with Gasteiger partial charge in [0.15, 0.2) is 11.5 Å². The van der Waals surface area contributed by atoms with Gasteiger partial charge >= 0.3 is 5.97 Å². The Balaban J connectivity index is 2.12. The first kappa shape index (κ1) is 15.5. The maximum Gasteiger partial charge on any atom is 0.339 e. The van der Waals surface area contributed by atoms with E-state index in [0.717, 1.165) is 0 Å². The zero-order valence-corrected chi connectivity index (χ0v) is 13.0. The number of carbonyl (C=O) groups is 1. The summed E-state index contributed by atoms with van der Waals surface area (Å²) in [5, 5.41) is 12.9. The normalized spacial score (nSPS) is 10.4. The molecule has 122 valence electrons. The van der Waals surface area contributed by atoms with Gasteiger partial charge in [-0.15, -0.1) is 0 Å². The number of carboxylic acid groups (broad SMARTS) is 1. The number of benzene rings is 1. The zero-order valence-electron chi connectivity index (χ0n) is 13.0. The Hall–Kier alpha value is -3.42. The second kappa shape index (κ2) is 6.37. The van der Waals surface area contributed by atoms with E-state index in [1.165, 1.54) is 25.8 Å². The molecule has 0 aliphatic carbocycles. The van der Waals surface area contributed by atoms with Crippen LogP contribution in [0.15, 0.2) is 36.9 Å². The summed E-state index contributed by atoms with van der Waals surface area (Å²) in [6.07, 6.45) is 4.16. The number of pyridine rings is 1. The van der Waals surface area contributed by atoms with Crippen LogP contribution in [0.5, 0.6) is 11.5 Å². The molecule has 0 saturated carbocycles. The summed E-state index contributed by atoms with van der Waals surface area (Å²) in [7, 11) is 3.08. The van der Waals surface area contributed by atoms with Crippen molar-refractivity contribution in [3.8, 4) is 11.5 Å². The molecule has 0 spiro atoms. The highest BCUT2D eigenvalue weighted by atomic mass is 16.5. The first-order chi connectivity index (χ1) is 11.6. The summed E-state index contributed by atoms with van der Waals surface area (Å²) in [4.78, 5) is 23.6. The number of anilines is 2. The summed E-state index contributed by atoms with van der Waals surface area (Å²) in [6, 6.07) is 5.03. The summed E-state index contributed by atoms with van der Waals surface area (Å²) >= 11 is 0. The molecule has 0 aliphatic heterocycles. The molecule has 0 aliphatic rings. The van der Waals surface area contributed by atoms with Crippen LogP contribution in [0.1, 0.15) is 10.4 Å². The molecule has 24 heavy (non-hydrogen) atoms. The number of ether oxygens (including phenoxy) is 2. The zero-order chi connectivity index (χ0) is 17.1. The van der Waals surface area contributed by atoms with Gasteiger partial charge in [-0.2, -0.15) is 0 Å². The van der Waals surface area contributed by atoms with E-state index < -0.39 is 5.97 Å².